The Bertz CT molecular complexity index is 755. The number of carbonyl (C=O) groups excluding carboxylic acids is 1. The molecule has 3 rings (SSSR count). The molecule has 9 heteroatoms. The predicted molar refractivity (Wildman–Crippen MR) is 119 cm³/mol. The van der Waals surface area contributed by atoms with Crippen molar-refractivity contribution in [3.05, 3.63) is 44.9 Å². The molecule has 1 aromatic heterocycles. The van der Waals surface area contributed by atoms with Crippen molar-refractivity contribution in [2.75, 3.05) is 6.54 Å². The van der Waals surface area contributed by atoms with Gasteiger partial charge in [0.25, 0.3) is 5.91 Å². The molecule has 2 atom stereocenters. The second kappa shape index (κ2) is 11.8. The Morgan fingerprint density at radius 3 is 2.64 bits per heavy atom. The molecule has 1 aromatic carbocycles. The number of rotatable bonds is 6. The molecule has 0 bridgehead atoms. The largest absolute Gasteiger partial charge is 0.486 e. The van der Waals surface area contributed by atoms with Gasteiger partial charge in [-0.15, -0.1) is 36.2 Å². The fourth-order valence-electron chi connectivity index (χ4n) is 3.31. The molecule has 1 aliphatic rings. The topological polar surface area (TPSA) is 77.2 Å². The number of amides is 1. The first-order chi connectivity index (χ1) is 12.6. The molecule has 0 radical (unpaired) electrons. The maximum absolute atomic E-state index is 12.7. The maximum Gasteiger partial charge on any atom is 0.263 e. The number of aryl methyl sites for hydroxylation is 1. The number of nitrogens with two attached hydrogens (primary N) is 1. The molecule has 1 aliphatic carbocycles. The van der Waals surface area contributed by atoms with Crippen molar-refractivity contribution < 1.29 is 9.53 Å². The number of benzene rings is 1. The summed E-state index contributed by atoms with van der Waals surface area (Å²) in [5, 5.41) is 4.61. The van der Waals surface area contributed by atoms with Gasteiger partial charge in [-0.2, -0.15) is 0 Å². The summed E-state index contributed by atoms with van der Waals surface area (Å²) in [6.45, 7) is 2.81. The van der Waals surface area contributed by atoms with Gasteiger partial charge in [0.05, 0.1) is 5.69 Å². The highest BCUT2D eigenvalue weighted by Crippen LogP contribution is 2.25. The van der Waals surface area contributed by atoms with E-state index < -0.39 is 0 Å². The van der Waals surface area contributed by atoms with Crippen LogP contribution in [0.5, 0.6) is 5.75 Å². The number of thiazole rings is 1. The van der Waals surface area contributed by atoms with E-state index in [1.807, 2.05) is 19.1 Å². The zero-order valence-electron chi connectivity index (χ0n) is 15.7. The molecular formula is C19H26Cl3N3O2S. The Morgan fingerprint density at radius 1 is 1.29 bits per heavy atom. The number of hydrogen-bond acceptors (Lipinski definition) is 5. The predicted octanol–water partition coefficient (Wildman–Crippen LogP) is 4.77. The number of nitrogens with zero attached hydrogens (tertiary/aromatic N) is 1. The lowest BCUT2D eigenvalue weighted by atomic mass is 9.84. The van der Waals surface area contributed by atoms with Crippen LogP contribution < -0.4 is 15.8 Å². The smallest absolute Gasteiger partial charge is 0.263 e. The highest BCUT2D eigenvalue weighted by atomic mass is 35.5. The molecule has 0 spiro atoms. The molecule has 1 amide bonds. The number of ether oxygens (including phenoxy) is 1. The van der Waals surface area contributed by atoms with Crippen LogP contribution in [0.4, 0.5) is 0 Å². The number of hydrogen-bond donors (Lipinski definition) is 2. The monoisotopic (exact) mass is 465 g/mol. The average molecular weight is 467 g/mol. The highest BCUT2D eigenvalue weighted by Gasteiger charge is 2.27. The van der Waals surface area contributed by atoms with Crippen LogP contribution in [0.3, 0.4) is 0 Å². The molecule has 0 aliphatic heterocycles. The number of aromatic nitrogens is 1. The summed E-state index contributed by atoms with van der Waals surface area (Å²) in [6, 6.07) is 7.34. The van der Waals surface area contributed by atoms with Crippen molar-refractivity contribution >= 4 is 53.7 Å². The average Bonchev–Trinajstić information content (AvgIpc) is 3.02. The van der Waals surface area contributed by atoms with Gasteiger partial charge in [0.2, 0.25) is 0 Å². The maximum atomic E-state index is 12.7. The van der Waals surface area contributed by atoms with E-state index in [4.69, 9.17) is 22.1 Å². The van der Waals surface area contributed by atoms with Crippen LogP contribution in [0.2, 0.25) is 5.02 Å². The zero-order valence-corrected chi connectivity index (χ0v) is 18.9. The quantitative estimate of drug-likeness (QED) is 0.642. The van der Waals surface area contributed by atoms with E-state index in [-0.39, 0.29) is 36.8 Å². The second-order valence-corrected chi connectivity index (χ2v) is 8.14. The van der Waals surface area contributed by atoms with E-state index in [0.29, 0.717) is 29.0 Å². The molecule has 2 aromatic rings. The van der Waals surface area contributed by atoms with Gasteiger partial charge in [-0.3, -0.25) is 4.79 Å². The standard InChI is InChI=1S/C19H24ClN3O2S.2ClH/c1-12-18(19(24)23-16-5-3-2-4-13(16)10-21)26-17(22-12)11-25-15-8-6-14(20)7-9-15;;/h6-9,13,16H,2-5,10-11,21H2,1H3,(H,23,24);2*1H. The normalized spacial score (nSPS) is 18.5. The summed E-state index contributed by atoms with van der Waals surface area (Å²) in [5.41, 5.74) is 6.60. The van der Waals surface area contributed by atoms with Crippen molar-refractivity contribution in [1.82, 2.24) is 10.3 Å². The van der Waals surface area contributed by atoms with E-state index >= 15 is 0 Å². The van der Waals surface area contributed by atoms with Crippen LogP contribution in [0.1, 0.15) is 46.1 Å². The molecule has 156 valence electrons. The van der Waals surface area contributed by atoms with E-state index in [0.717, 1.165) is 35.7 Å². The minimum absolute atomic E-state index is 0. The van der Waals surface area contributed by atoms with Crippen LogP contribution in [-0.2, 0) is 6.61 Å². The Morgan fingerprint density at radius 2 is 1.96 bits per heavy atom. The minimum Gasteiger partial charge on any atom is -0.486 e. The van der Waals surface area contributed by atoms with Crippen molar-refractivity contribution in [1.29, 1.82) is 0 Å². The first kappa shape index (κ1) is 25.0. The van der Waals surface area contributed by atoms with Gasteiger partial charge in [0.15, 0.2) is 0 Å². The SMILES string of the molecule is Cc1nc(COc2ccc(Cl)cc2)sc1C(=O)NC1CCCCC1CN.Cl.Cl. The first-order valence-electron chi connectivity index (χ1n) is 8.92. The Balaban J connectivity index is 0.00000196. The fraction of sp³-hybridized carbons (Fsp3) is 0.474. The van der Waals surface area contributed by atoms with Crippen molar-refractivity contribution in [3.8, 4) is 5.75 Å². The molecule has 1 heterocycles. The number of halogens is 3. The van der Waals surface area contributed by atoms with Crippen LogP contribution in [0, 0.1) is 12.8 Å². The fourth-order valence-corrected chi connectivity index (χ4v) is 4.32. The van der Waals surface area contributed by atoms with Crippen LogP contribution in [-0.4, -0.2) is 23.5 Å². The molecule has 3 N–H and O–H groups in total. The van der Waals surface area contributed by atoms with Crippen molar-refractivity contribution in [3.63, 3.8) is 0 Å². The molecule has 1 saturated carbocycles. The van der Waals surface area contributed by atoms with E-state index in [1.54, 1.807) is 12.1 Å². The van der Waals surface area contributed by atoms with Gasteiger partial charge in [0.1, 0.15) is 22.2 Å². The van der Waals surface area contributed by atoms with E-state index in [2.05, 4.69) is 10.3 Å². The van der Waals surface area contributed by atoms with Gasteiger partial charge in [-0.05, 0) is 56.5 Å². The number of nitrogens with one attached hydrogen (secondary N) is 1. The van der Waals surface area contributed by atoms with Crippen LogP contribution in [0.15, 0.2) is 24.3 Å². The van der Waals surface area contributed by atoms with Crippen molar-refractivity contribution in [2.24, 2.45) is 11.7 Å². The molecule has 0 saturated heterocycles. The van der Waals surface area contributed by atoms with Gasteiger partial charge in [0, 0.05) is 11.1 Å². The second-order valence-electron chi connectivity index (χ2n) is 6.62. The third kappa shape index (κ3) is 6.49. The number of carbonyl (C=O) groups is 1. The van der Waals surface area contributed by atoms with Gasteiger partial charge < -0.3 is 15.8 Å². The summed E-state index contributed by atoms with van der Waals surface area (Å²) in [6.07, 6.45) is 4.42. The van der Waals surface area contributed by atoms with E-state index in [1.165, 1.54) is 17.8 Å². The lowest BCUT2D eigenvalue weighted by Gasteiger charge is -2.31. The molecule has 5 nitrogen and oxygen atoms in total. The molecule has 28 heavy (non-hydrogen) atoms. The Kier molecular flexibility index (Phi) is 10.6. The van der Waals surface area contributed by atoms with Gasteiger partial charge >= 0.3 is 0 Å². The van der Waals surface area contributed by atoms with Crippen LogP contribution >= 0.6 is 47.8 Å². The lowest BCUT2D eigenvalue weighted by molar-refractivity contribution is 0.0911. The van der Waals surface area contributed by atoms with Crippen LogP contribution in [0.25, 0.3) is 0 Å². The zero-order chi connectivity index (χ0) is 18.5. The summed E-state index contributed by atoms with van der Waals surface area (Å²) < 4.78 is 5.72. The lowest BCUT2D eigenvalue weighted by Crippen LogP contribution is -2.44. The highest BCUT2D eigenvalue weighted by molar-refractivity contribution is 7.13. The minimum atomic E-state index is -0.0527. The van der Waals surface area contributed by atoms with Gasteiger partial charge in [-0.25, -0.2) is 4.98 Å². The first-order valence-corrected chi connectivity index (χ1v) is 10.1. The third-order valence-corrected chi connectivity index (χ3v) is 6.13. The van der Waals surface area contributed by atoms with Crippen molar-refractivity contribution in [2.45, 2.75) is 45.3 Å². The Labute approximate surface area is 187 Å². The molecular weight excluding hydrogens is 441 g/mol. The molecule has 1 fully saturated rings. The summed E-state index contributed by atoms with van der Waals surface area (Å²) >= 11 is 7.25. The Hall–Kier alpha value is -1.05. The third-order valence-electron chi connectivity index (χ3n) is 4.75. The summed E-state index contributed by atoms with van der Waals surface area (Å²) in [4.78, 5) is 17.8. The molecule has 2 unspecified atom stereocenters. The summed E-state index contributed by atoms with van der Waals surface area (Å²) in [5.74, 6) is 1.04. The van der Waals surface area contributed by atoms with Gasteiger partial charge in [-0.1, -0.05) is 24.4 Å². The summed E-state index contributed by atoms with van der Waals surface area (Å²) in [7, 11) is 0. The van der Waals surface area contributed by atoms with E-state index in [9.17, 15) is 4.79 Å².